The molecule has 3 aliphatic rings. The molecule has 134 valence electrons. The van der Waals surface area contributed by atoms with Crippen LogP contribution in [0.25, 0.3) is 0 Å². The zero-order valence-corrected chi connectivity index (χ0v) is 15.6. The monoisotopic (exact) mass is 347 g/mol. The van der Waals surface area contributed by atoms with Crippen LogP contribution in [0, 0.1) is 5.92 Å². The summed E-state index contributed by atoms with van der Waals surface area (Å²) in [5, 5.41) is 3.46. The van der Waals surface area contributed by atoms with Gasteiger partial charge in [0.1, 0.15) is 5.69 Å². The van der Waals surface area contributed by atoms with Gasteiger partial charge in [-0.05, 0) is 38.5 Å². The van der Waals surface area contributed by atoms with Crippen LogP contribution in [0.4, 0.5) is 11.4 Å². The second kappa shape index (κ2) is 6.87. The summed E-state index contributed by atoms with van der Waals surface area (Å²) in [6.45, 7) is 9.27. The summed E-state index contributed by atoms with van der Waals surface area (Å²) in [6.07, 6.45) is 10.6. The van der Waals surface area contributed by atoms with E-state index in [1.54, 1.807) is 0 Å². The fourth-order valence-electron chi connectivity index (χ4n) is 3.74. The van der Waals surface area contributed by atoms with Gasteiger partial charge in [-0.25, -0.2) is 4.99 Å². The second-order valence-corrected chi connectivity index (χ2v) is 6.55. The van der Waals surface area contributed by atoms with Crippen molar-refractivity contribution in [1.29, 1.82) is 0 Å². The van der Waals surface area contributed by atoms with Gasteiger partial charge >= 0.3 is 0 Å². The summed E-state index contributed by atoms with van der Waals surface area (Å²) in [7, 11) is 0. The van der Waals surface area contributed by atoms with Crippen LogP contribution in [-0.4, -0.2) is 25.3 Å². The molecule has 0 amide bonds. The van der Waals surface area contributed by atoms with Gasteiger partial charge in [-0.2, -0.15) is 0 Å². The number of nitrogens with one attached hydrogen (secondary N) is 1. The number of allylic oxidation sites excluding steroid dienone is 7. The number of ether oxygens (including phenoxy) is 1. The van der Waals surface area contributed by atoms with Crippen molar-refractivity contribution in [3.63, 3.8) is 0 Å². The topological polar surface area (TPSA) is 36.9 Å². The standard InChI is InChI=1S/C22H25N3O/c1-4-23-19-14-21-22(17-10-8-7-9-16(17)19)24-18-12-11-15(13-20(18)26-21)25(5-2)6-3/h7-14,17,23H,4-6H2,1-3H3. The lowest BCUT2D eigenvalue weighted by atomic mass is 9.83. The molecule has 0 radical (unpaired) electrons. The zero-order valence-electron chi connectivity index (χ0n) is 15.6. The molecule has 0 aromatic heterocycles. The minimum absolute atomic E-state index is 0.143. The number of aliphatic imine (C=N–C) groups is 1. The number of nitrogens with zero attached hydrogens (tertiary/aromatic N) is 2. The maximum Gasteiger partial charge on any atom is 0.155 e. The Bertz CT molecular complexity index is 869. The van der Waals surface area contributed by atoms with E-state index in [0.717, 1.165) is 48.2 Å². The number of hydrogen-bond acceptors (Lipinski definition) is 4. The Morgan fingerprint density at radius 2 is 2.00 bits per heavy atom. The van der Waals surface area contributed by atoms with Crippen molar-refractivity contribution >= 4 is 17.1 Å². The van der Waals surface area contributed by atoms with Crippen LogP contribution >= 0.6 is 0 Å². The summed E-state index contributed by atoms with van der Waals surface area (Å²) in [5.41, 5.74) is 5.44. The molecule has 1 aromatic carbocycles. The van der Waals surface area contributed by atoms with Gasteiger partial charge in [0, 0.05) is 43.2 Å². The van der Waals surface area contributed by atoms with E-state index < -0.39 is 0 Å². The van der Waals surface area contributed by atoms with Crippen molar-refractivity contribution in [1.82, 2.24) is 5.32 Å². The molecule has 0 saturated heterocycles. The van der Waals surface area contributed by atoms with Gasteiger partial charge < -0.3 is 15.0 Å². The van der Waals surface area contributed by atoms with Crippen LogP contribution in [0.1, 0.15) is 20.8 Å². The van der Waals surface area contributed by atoms with Gasteiger partial charge in [0.25, 0.3) is 0 Å². The number of rotatable bonds is 5. The van der Waals surface area contributed by atoms with E-state index in [2.05, 4.69) is 79.6 Å². The van der Waals surface area contributed by atoms with E-state index in [1.807, 2.05) is 0 Å². The highest BCUT2D eigenvalue weighted by Gasteiger charge is 2.32. The molecular weight excluding hydrogens is 322 g/mol. The normalized spacial score (nSPS) is 19.7. The molecular formula is C22H25N3O. The van der Waals surface area contributed by atoms with E-state index in [0.29, 0.717) is 0 Å². The smallest absolute Gasteiger partial charge is 0.155 e. The summed E-state index contributed by atoms with van der Waals surface area (Å²) in [6, 6.07) is 6.30. The Hall–Kier alpha value is -2.75. The molecule has 0 fully saturated rings. The van der Waals surface area contributed by atoms with Gasteiger partial charge in [0.15, 0.2) is 11.5 Å². The third kappa shape index (κ3) is 2.75. The molecule has 1 aromatic rings. The van der Waals surface area contributed by atoms with Crippen LogP contribution in [-0.2, 0) is 0 Å². The molecule has 4 rings (SSSR count). The Balaban J connectivity index is 1.76. The van der Waals surface area contributed by atoms with Crippen LogP contribution < -0.4 is 15.0 Å². The van der Waals surface area contributed by atoms with Crippen molar-refractivity contribution in [2.75, 3.05) is 24.5 Å². The van der Waals surface area contributed by atoms with E-state index in [4.69, 9.17) is 9.73 Å². The third-order valence-corrected chi connectivity index (χ3v) is 5.06. The predicted octanol–water partition coefficient (Wildman–Crippen LogP) is 4.50. The first kappa shape index (κ1) is 16.7. The minimum atomic E-state index is 0.143. The molecule has 1 aliphatic heterocycles. The van der Waals surface area contributed by atoms with Gasteiger partial charge in [0.05, 0.1) is 11.6 Å². The van der Waals surface area contributed by atoms with E-state index in [1.165, 1.54) is 11.3 Å². The molecule has 1 heterocycles. The average molecular weight is 347 g/mol. The van der Waals surface area contributed by atoms with E-state index in [-0.39, 0.29) is 5.92 Å². The van der Waals surface area contributed by atoms with Crippen molar-refractivity contribution < 1.29 is 4.74 Å². The van der Waals surface area contributed by atoms with Crippen LogP contribution in [0.3, 0.4) is 0 Å². The van der Waals surface area contributed by atoms with Crippen molar-refractivity contribution in [3.8, 4) is 5.75 Å². The van der Waals surface area contributed by atoms with Crippen molar-refractivity contribution in [3.05, 3.63) is 65.6 Å². The van der Waals surface area contributed by atoms with Crippen LogP contribution in [0.5, 0.6) is 5.75 Å². The largest absolute Gasteiger partial charge is 0.453 e. The van der Waals surface area contributed by atoms with Gasteiger partial charge in [-0.3, -0.25) is 0 Å². The molecule has 0 saturated carbocycles. The molecule has 4 heteroatoms. The lowest BCUT2D eigenvalue weighted by Crippen LogP contribution is -2.30. The van der Waals surface area contributed by atoms with Gasteiger partial charge in [-0.15, -0.1) is 0 Å². The molecule has 2 aliphatic carbocycles. The minimum Gasteiger partial charge on any atom is -0.453 e. The molecule has 1 unspecified atom stereocenters. The number of fused-ring (bicyclic) bond motifs is 4. The Kier molecular flexibility index (Phi) is 4.41. The fraction of sp³-hybridized carbons (Fsp3) is 0.318. The first-order chi connectivity index (χ1) is 12.7. The first-order valence-corrected chi connectivity index (χ1v) is 9.45. The summed E-state index contributed by atoms with van der Waals surface area (Å²) in [5.74, 6) is 1.82. The highest BCUT2D eigenvalue weighted by Crippen LogP contribution is 2.42. The average Bonchev–Trinajstić information content (AvgIpc) is 2.68. The molecule has 0 bridgehead atoms. The molecule has 0 spiro atoms. The molecule has 26 heavy (non-hydrogen) atoms. The number of hydrogen-bond donors (Lipinski definition) is 1. The van der Waals surface area contributed by atoms with Crippen LogP contribution in [0.15, 0.2) is 70.6 Å². The number of likely N-dealkylation sites (N-methyl/N-ethyl adjacent to an activating group) is 1. The molecule has 1 atom stereocenters. The highest BCUT2D eigenvalue weighted by atomic mass is 16.5. The summed E-state index contributed by atoms with van der Waals surface area (Å²) < 4.78 is 6.31. The zero-order chi connectivity index (χ0) is 18.1. The van der Waals surface area contributed by atoms with E-state index in [9.17, 15) is 0 Å². The predicted molar refractivity (Wildman–Crippen MR) is 108 cm³/mol. The number of benzene rings is 1. The third-order valence-electron chi connectivity index (χ3n) is 5.06. The van der Waals surface area contributed by atoms with Crippen LogP contribution in [0.2, 0.25) is 0 Å². The Morgan fingerprint density at radius 3 is 2.77 bits per heavy atom. The maximum atomic E-state index is 6.31. The quantitative estimate of drug-likeness (QED) is 0.852. The summed E-state index contributed by atoms with van der Waals surface area (Å²) in [4.78, 5) is 7.27. The Morgan fingerprint density at radius 1 is 1.15 bits per heavy atom. The van der Waals surface area contributed by atoms with Gasteiger partial charge in [-0.1, -0.05) is 24.3 Å². The van der Waals surface area contributed by atoms with Crippen molar-refractivity contribution in [2.24, 2.45) is 10.9 Å². The second-order valence-electron chi connectivity index (χ2n) is 6.55. The first-order valence-electron chi connectivity index (χ1n) is 9.45. The highest BCUT2D eigenvalue weighted by molar-refractivity contribution is 6.08. The Labute approximate surface area is 155 Å². The number of anilines is 1. The van der Waals surface area contributed by atoms with E-state index >= 15 is 0 Å². The molecule has 4 nitrogen and oxygen atoms in total. The van der Waals surface area contributed by atoms with Crippen molar-refractivity contribution in [2.45, 2.75) is 20.8 Å². The SMILES string of the molecule is CCNC1=C2C=CC=CC2C2=Nc3ccc(N(CC)CC)cc3OC2=C1. The maximum absolute atomic E-state index is 6.31. The summed E-state index contributed by atoms with van der Waals surface area (Å²) >= 11 is 0. The van der Waals surface area contributed by atoms with Gasteiger partial charge in [0.2, 0.25) is 0 Å². The lowest BCUT2D eigenvalue weighted by molar-refractivity contribution is 0.443. The fourth-order valence-corrected chi connectivity index (χ4v) is 3.74. The molecule has 1 N–H and O–H groups in total. The lowest BCUT2D eigenvalue weighted by Gasteiger charge is -2.31.